The van der Waals surface area contributed by atoms with Gasteiger partial charge in [0.05, 0.1) is 0 Å². The van der Waals surface area contributed by atoms with Gasteiger partial charge in [-0.1, -0.05) is 231 Å². The quantitative estimate of drug-likeness (QED) is 0.0261. The summed E-state index contributed by atoms with van der Waals surface area (Å²) >= 11 is 0. The predicted octanol–water partition coefficient (Wildman–Crippen LogP) is 20.4. The van der Waals surface area contributed by atoms with Crippen molar-refractivity contribution in [3.8, 4) is 0 Å². The predicted molar refractivity (Wildman–Crippen MR) is 320 cm³/mol. The van der Waals surface area contributed by atoms with Crippen LogP contribution in [0.15, 0.2) is 146 Å². The third kappa shape index (κ3) is 58.2. The molecule has 0 spiro atoms. The molecule has 0 fully saturated rings. The second-order valence-electron chi connectivity index (χ2n) is 19.1. The third-order valence-corrected chi connectivity index (χ3v) is 12.1. The van der Waals surface area contributed by atoms with Crippen LogP contribution in [-0.4, -0.2) is 37.2 Å². The van der Waals surface area contributed by atoms with E-state index < -0.39 is 6.10 Å². The lowest BCUT2D eigenvalue weighted by molar-refractivity contribution is -0.167. The van der Waals surface area contributed by atoms with E-state index in [2.05, 4.69) is 167 Å². The van der Waals surface area contributed by atoms with Crippen molar-refractivity contribution in [2.24, 2.45) is 0 Å². The van der Waals surface area contributed by atoms with Gasteiger partial charge in [0, 0.05) is 19.3 Å². The lowest BCUT2D eigenvalue weighted by atomic mass is 10.1. The molecule has 0 saturated carbocycles. The number of carbonyl (C=O) groups excluding carboxylic acids is 3. The van der Waals surface area contributed by atoms with E-state index in [-0.39, 0.29) is 31.1 Å². The van der Waals surface area contributed by atoms with Crippen molar-refractivity contribution in [2.75, 3.05) is 13.2 Å². The molecule has 6 heteroatoms. The number of allylic oxidation sites excluding steroid dienone is 24. The van der Waals surface area contributed by atoms with E-state index in [4.69, 9.17) is 14.2 Å². The molecule has 416 valence electrons. The Labute approximate surface area is 455 Å². The van der Waals surface area contributed by atoms with Gasteiger partial charge in [0.25, 0.3) is 0 Å². The topological polar surface area (TPSA) is 78.9 Å². The Morgan fingerprint density at radius 1 is 0.284 bits per heavy atom. The highest BCUT2D eigenvalue weighted by molar-refractivity contribution is 5.71. The van der Waals surface area contributed by atoms with E-state index >= 15 is 0 Å². The van der Waals surface area contributed by atoms with Gasteiger partial charge in [-0.15, -0.1) is 0 Å². The van der Waals surface area contributed by atoms with Crippen LogP contribution in [0.4, 0.5) is 0 Å². The van der Waals surface area contributed by atoms with Gasteiger partial charge in [0.1, 0.15) is 13.2 Å². The zero-order valence-electron chi connectivity index (χ0n) is 47.5. The summed E-state index contributed by atoms with van der Waals surface area (Å²) in [5.41, 5.74) is 0. The van der Waals surface area contributed by atoms with Crippen molar-refractivity contribution in [1.82, 2.24) is 0 Å². The zero-order valence-corrected chi connectivity index (χ0v) is 47.5. The summed E-state index contributed by atoms with van der Waals surface area (Å²) in [6.45, 7) is 6.33. The number of carbonyl (C=O) groups is 3. The van der Waals surface area contributed by atoms with Crippen LogP contribution in [-0.2, 0) is 28.6 Å². The molecular weight excluding hydrogens is 913 g/mol. The maximum absolute atomic E-state index is 12.9. The summed E-state index contributed by atoms with van der Waals surface area (Å²) in [6.07, 6.45) is 86.9. The molecule has 1 atom stereocenters. The molecule has 0 aromatic rings. The minimum atomic E-state index is -0.819. The van der Waals surface area contributed by atoms with Crippen LogP contribution in [0, 0.1) is 0 Å². The standard InChI is InChI=1S/C68H108O6/c1-4-7-10-13-16-19-22-25-28-31-33-34-35-38-40-43-46-49-52-55-58-61-67(70)73-64-65(63-72-66(69)60-57-54-51-48-45-42-39-36-30-27-24-21-18-15-12-9-6-3)74-68(71)62-59-56-53-50-47-44-41-37-32-29-26-23-20-17-14-11-8-5-2/h7,9-10,12,16,18-21,23,25,27-30,32-34,38-40,42,46,49,65H,4-6,8,11,13-15,17,22,24,26,31,35-37,41,43-45,47-48,50-64H2,1-3H3/b10-7-,12-9-,19-16-,21-18-,23-20-,28-25-,30-27-,32-29-,34-33-,40-38-,42-39-,49-46-. The number of hydrogen-bond donors (Lipinski definition) is 0. The zero-order chi connectivity index (χ0) is 53.6. The van der Waals surface area contributed by atoms with Crippen molar-refractivity contribution in [2.45, 2.75) is 252 Å². The van der Waals surface area contributed by atoms with Crippen LogP contribution in [0.1, 0.15) is 245 Å². The first kappa shape index (κ1) is 69.3. The van der Waals surface area contributed by atoms with Gasteiger partial charge in [-0.25, -0.2) is 0 Å². The fourth-order valence-electron chi connectivity index (χ4n) is 7.64. The van der Waals surface area contributed by atoms with Crippen LogP contribution in [0.3, 0.4) is 0 Å². The molecule has 1 unspecified atom stereocenters. The second-order valence-corrected chi connectivity index (χ2v) is 19.1. The van der Waals surface area contributed by atoms with Crippen molar-refractivity contribution in [1.29, 1.82) is 0 Å². The van der Waals surface area contributed by atoms with Crippen molar-refractivity contribution in [3.05, 3.63) is 146 Å². The van der Waals surface area contributed by atoms with Crippen molar-refractivity contribution < 1.29 is 28.6 Å². The molecule has 0 radical (unpaired) electrons. The molecule has 0 N–H and O–H groups in total. The summed E-state index contributed by atoms with van der Waals surface area (Å²) in [4.78, 5) is 38.2. The summed E-state index contributed by atoms with van der Waals surface area (Å²) in [5, 5.41) is 0. The normalized spacial score (nSPS) is 13.2. The fraction of sp³-hybridized carbons (Fsp3) is 0.603. The smallest absolute Gasteiger partial charge is 0.306 e. The second kappa shape index (κ2) is 60.8. The molecule has 74 heavy (non-hydrogen) atoms. The highest BCUT2D eigenvalue weighted by Crippen LogP contribution is 2.13. The van der Waals surface area contributed by atoms with Gasteiger partial charge in [-0.05, 0) is 141 Å². The monoisotopic (exact) mass is 1020 g/mol. The maximum Gasteiger partial charge on any atom is 0.306 e. The first-order chi connectivity index (χ1) is 36.5. The molecule has 0 aromatic carbocycles. The number of ether oxygens (including phenoxy) is 3. The Hall–Kier alpha value is -4.71. The van der Waals surface area contributed by atoms with Gasteiger partial charge in [-0.3, -0.25) is 14.4 Å². The Balaban J connectivity index is 4.55. The summed E-state index contributed by atoms with van der Waals surface area (Å²) in [5.74, 6) is -0.991. The van der Waals surface area contributed by atoms with Crippen molar-refractivity contribution >= 4 is 17.9 Å². The minimum absolute atomic E-state index is 0.114. The molecule has 0 aliphatic heterocycles. The summed E-state index contributed by atoms with van der Waals surface area (Å²) in [7, 11) is 0. The molecular formula is C68H108O6. The van der Waals surface area contributed by atoms with E-state index in [1.807, 2.05) is 0 Å². The highest BCUT2D eigenvalue weighted by atomic mass is 16.6. The van der Waals surface area contributed by atoms with E-state index in [0.717, 1.165) is 141 Å². The van der Waals surface area contributed by atoms with Crippen LogP contribution in [0.2, 0.25) is 0 Å². The lowest BCUT2D eigenvalue weighted by Crippen LogP contribution is -2.30. The van der Waals surface area contributed by atoms with Gasteiger partial charge >= 0.3 is 17.9 Å². The molecule has 0 aliphatic rings. The molecule has 0 aliphatic carbocycles. The summed E-state index contributed by atoms with van der Waals surface area (Å²) < 4.78 is 16.8. The van der Waals surface area contributed by atoms with Gasteiger partial charge in [0.2, 0.25) is 0 Å². The SMILES string of the molecule is CC/C=C\C/C=C\C/C=C\C/C=C\C/C=C\C/C=C\CCCCC(=O)OCC(COC(=O)CCCCCC/C=C\C/C=C\C/C=C\C/C=C\CC)OC(=O)CCCCCCCCC/C=C\C/C=C\CCCCCC. The molecule has 0 bridgehead atoms. The first-order valence-corrected chi connectivity index (χ1v) is 29.8. The molecule has 0 saturated heterocycles. The van der Waals surface area contributed by atoms with Crippen molar-refractivity contribution in [3.63, 3.8) is 0 Å². The van der Waals surface area contributed by atoms with Gasteiger partial charge in [0.15, 0.2) is 6.10 Å². The molecule has 0 heterocycles. The van der Waals surface area contributed by atoms with Crippen LogP contribution in [0.5, 0.6) is 0 Å². The number of hydrogen-bond acceptors (Lipinski definition) is 6. The van der Waals surface area contributed by atoms with Crippen LogP contribution >= 0.6 is 0 Å². The average molecular weight is 1020 g/mol. The minimum Gasteiger partial charge on any atom is -0.462 e. The Bertz CT molecular complexity index is 1640. The van der Waals surface area contributed by atoms with Crippen LogP contribution < -0.4 is 0 Å². The maximum atomic E-state index is 12.9. The number of esters is 3. The summed E-state index contributed by atoms with van der Waals surface area (Å²) in [6, 6.07) is 0. The Kier molecular flexibility index (Phi) is 57.0. The molecule has 0 amide bonds. The Morgan fingerprint density at radius 2 is 0.527 bits per heavy atom. The Morgan fingerprint density at radius 3 is 0.851 bits per heavy atom. The van der Waals surface area contributed by atoms with E-state index in [1.165, 1.54) is 57.8 Å². The van der Waals surface area contributed by atoms with Gasteiger partial charge in [-0.2, -0.15) is 0 Å². The largest absolute Gasteiger partial charge is 0.462 e. The third-order valence-electron chi connectivity index (χ3n) is 12.1. The van der Waals surface area contributed by atoms with Gasteiger partial charge < -0.3 is 14.2 Å². The lowest BCUT2D eigenvalue weighted by Gasteiger charge is -2.18. The van der Waals surface area contributed by atoms with E-state index in [9.17, 15) is 14.4 Å². The number of rotatable bonds is 52. The van der Waals surface area contributed by atoms with E-state index in [0.29, 0.717) is 25.7 Å². The molecule has 6 nitrogen and oxygen atoms in total. The molecule has 0 rings (SSSR count). The average Bonchev–Trinajstić information content (AvgIpc) is 3.40. The van der Waals surface area contributed by atoms with E-state index in [1.54, 1.807) is 0 Å². The first-order valence-electron chi connectivity index (χ1n) is 29.8. The molecule has 0 aromatic heterocycles. The number of unbranched alkanes of at least 4 members (excludes halogenated alkanes) is 17. The highest BCUT2D eigenvalue weighted by Gasteiger charge is 2.19. The van der Waals surface area contributed by atoms with Crippen LogP contribution in [0.25, 0.3) is 0 Å². The fourth-order valence-corrected chi connectivity index (χ4v) is 7.64.